The van der Waals surface area contributed by atoms with Gasteiger partial charge in [-0.25, -0.2) is 14.8 Å². The van der Waals surface area contributed by atoms with Gasteiger partial charge in [-0.15, -0.1) is 0 Å². The van der Waals surface area contributed by atoms with Crippen LogP contribution in [0, 0.1) is 0 Å². The zero-order chi connectivity index (χ0) is 18.0. The Kier molecular flexibility index (Phi) is 4.82. The fraction of sp³-hybridized carbons (Fsp3) is 0.562. The number of carbonyl (C=O) groups is 3. The smallest absolute Gasteiger partial charge is 0.326 e. The van der Waals surface area contributed by atoms with Crippen molar-refractivity contribution in [2.24, 2.45) is 0 Å². The van der Waals surface area contributed by atoms with Crippen molar-refractivity contribution in [1.29, 1.82) is 0 Å². The highest BCUT2D eigenvalue weighted by Gasteiger charge is 2.42. The van der Waals surface area contributed by atoms with Gasteiger partial charge in [0.05, 0.1) is 6.42 Å². The molecule has 3 rings (SSSR count). The summed E-state index contributed by atoms with van der Waals surface area (Å²) < 4.78 is 0. The van der Waals surface area contributed by atoms with Gasteiger partial charge in [-0.05, 0) is 12.5 Å². The number of imide groups is 1. The molecule has 0 radical (unpaired) electrons. The molecule has 1 aromatic heterocycles. The molecule has 0 spiro atoms. The summed E-state index contributed by atoms with van der Waals surface area (Å²) in [5, 5.41) is 0. The number of aromatic nitrogens is 2. The predicted octanol–water partition coefficient (Wildman–Crippen LogP) is -0.202. The molecule has 0 N–H and O–H groups in total. The third-order valence-electron chi connectivity index (χ3n) is 4.72. The van der Waals surface area contributed by atoms with E-state index in [0.29, 0.717) is 25.6 Å². The first-order valence-electron chi connectivity index (χ1n) is 8.33. The van der Waals surface area contributed by atoms with E-state index in [1.165, 1.54) is 11.9 Å². The number of urea groups is 1. The second-order valence-electron chi connectivity index (χ2n) is 6.28. The van der Waals surface area contributed by atoms with Crippen LogP contribution >= 0.6 is 0 Å². The SMILES string of the molecule is CN1C(=O)[C@@H](CC(=O)N2CCCN(c3ncccn3)CC2)N(C)C1=O. The number of carbonyl (C=O) groups excluding carboxylic acids is 3. The number of nitrogens with zero attached hydrogens (tertiary/aromatic N) is 6. The van der Waals surface area contributed by atoms with E-state index in [1.807, 2.05) is 0 Å². The van der Waals surface area contributed by atoms with Crippen molar-refractivity contribution < 1.29 is 14.4 Å². The fourth-order valence-corrected chi connectivity index (χ4v) is 3.19. The molecule has 0 saturated carbocycles. The minimum Gasteiger partial charge on any atom is -0.341 e. The zero-order valence-electron chi connectivity index (χ0n) is 14.5. The third kappa shape index (κ3) is 3.40. The summed E-state index contributed by atoms with van der Waals surface area (Å²) in [6, 6.07) is 0.692. The maximum Gasteiger partial charge on any atom is 0.326 e. The molecule has 0 aromatic carbocycles. The van der Waals surface area contributed by atoms with Crippen LogP contribution in [-0.4, -0.2) is 88.8 Å². The molecular formula is C16H22N6O3. The first-order valence-corrected chi connectivity index (χ1v) is 8.33. The van der Waals surface area contributed by atoms with Crippen LogP contribution < -0.4 is 4.90 Å². The van der Waals surface area contributed by atoms with Gasteiger partial charge in [0.15, 0.2) is 0 Å². The Labute approximate surface area is 146 Å². The number of rotatable bonds is 3. The second kappa shape index (κ2) is 7.04. The van der Waals surface area contributed by atoms with E-state index in [2.05, 4.69) is 14.9 Å². The van der Waals surface area contributed by atoms with Crippen molar-refractivity contribution in [2.75, 3.05) is 45.2 Å². The zero-order valence-corrected chi connectivity index (χ0v) is 14.5. The number of hydrogen-bond acceptors (Lipinski definition) is 6. The molecule has 2 aliphatic heterocycles. The van der Waals surface area contributed by atoms with Crippen LogP contribution in [0.4, 0.5) is 10.7 Å². The highest BCUT2D eigenvalue weighted by molar-refractivity contribution is 6.05. The highest BCUT2D eigenvalue weighted by atomic mass is 16.2. The van der Waals surface area contributed by atoms with E-state index in [4.69, 9.17) is 0 Å². The number of hydrogen-bond donors (Lipinski definition) is 0. The second-order valence-corrected chi connectivity index (χ2v) is 6.28. The first kappa shape index (κ1) is 17.1. The van der Waals surface area contributed by atoms with Crippen LogP contribution in [0.1, 0.15) is 12.8 Å². The topological polar surface area (TPSA) is 90.0 Å². The molecule has 2 fully saturated rings. The highest BCUT2D eigenvalue weighted by Crippen LogP contribution is 2.18. The van der Waals surface area contributed by atoms with Crippen LogP contribution in [0.3, 0.4) is 0 Å². The van der Waals surface area contributed by atoms with Gasteiger partial charge < -0.3 is 14.7 Å². The molecule has 4 amide bonds. The van der Waals surface area contributed by atoms with E-state index >= 15 is 0 Å². The Hall–Kier alpha value is -2.71. The summed E-state index contributed by atoms with van der Waals surface area (Å²) >= 11 is 0. The summed E-state index contributed by atoms with van der Waals surface area (Å²) in [5.41, 5.74) is 0. The van der Waals surface area contributed by atoms with Gasteiger partial charge in [0.1, 0.15) is 6.04 Å². The van der Waals surface area contributed by atoms with Crippen molar-refractivity contribution in [3.8, 4) is 0 Å². The molecule has 0 bridgehead atoms. The molecule has 2 saturated heterocycles. The molecular weight excluding hydrogens is 324 g/mol. The predicted molar refractivity (Wildman–Crippen MR) is 89.8 cm³/mol. The van der Waals surface area contributed by atoms with Gasteiger partial charge in [-0.2, -0.15) is 0 Å². The average molecular weight is 346 g/mol. The summed E-state index contributed by atoms with van der Waals surface area (Å²) in [6.45, 7) is 2.59. The molecule has 134 valence electrons. The fourth-order valence-electron chi connectivity index (χ4n) is 3.19. The summed E-state index contributed by atoms with van der Waals surface area (Å²) in [4.78, 5) is 51.3. The summed E-state index contributed by atoms with van der Waals surface area (Å²) in [7, 11) is 2.99. The van der Waals surface area contributed by atoms with E-state index in [1.54, 1.807) is 30.4 Å². The van der Waals surface area contributed by atoms with Crippen molar-refractivity contribution in [2.45, 2.75) is 18.9 Å². The maximum atomic E-state index is 12.6. The Morgan fingerprint density at radius 2 is 1.84 bits per heavy atom. The van der Waals surface area contributed by atoms with Gasteiger partial charge in [0, 0.05) is 52.7 Å². The standard InChI is InChI=1S/C16H22N6O3/c1-19-12(14(24)20(2)16(19)25)11-13(23)21-7-4-8-22(10-9-21)15-17-5-3-6-18-15/h3,5-6,12H,4,7-11H2,1-2H3/t12-/m1/s1. The lowest BCUT2D eigenvalue weighted by Crippen LogP contribution is -2.41. The molecule has 3 heterocycles. The molecule has 1 aromatic rings. The third-order valence-corrected chi connectivity index (χ3v) is 4.72. The normalized spacial score (nSPS) is 21.8. The minimum atomic E-state index is -0.707. The van der Waals surface area contributed by atoms with E-state index in [9.17, 15) is 14.4 Å². The summed E-state index contributed by atoms with van der Waals surface area (Å²) in [6.07, 6.45) is 4.22. The number of likely N-dealkylation sites (N-methyl/N-ethyl adjacent to an activating group) is 2. The van der Waals surface area contributed by atoms with Crippen LogP contribution in [0.2, 0.25) is 0 Å². The number of amides is 4. The molecule has 2 aliphatic rings. The number of anilines is 1. The average Bonchev–Trinajstić information content (AvgIpc) is 2.85. The Morgan fingerprint density at radius 3 is 2.48 bits per heavy atom. The van der Waals surface area contributed by atoms with Gasteiger partial charge in [0.25, 0.3) is 5.91 Å². The van der Waals surface area contributed by atoms with E-state index < -0.39 is 6.04 Å². The van der Waals surface area contributed by atoms with E-state index in [0.717, 1.165) is 17.9 Å². The Balaban J connectivity index is 1.60. The van der Waals surface area contributed by atoms with Gasteiger partial charge in [-0.3, -0.25) is 14.5 Å². The van der Waals surface area contributed by atoms with Gasteiger partial charge >= 0.3 is 6.03 Å². The minimum absolute atomic E-state index is 0.0211. The monoisotopic (exact) mass is 346 g/mol. The lowest BCUT2D eigenvalue weighted by Gasteiger charge is -2.24. The lowest BCUT2D eigenvalue weighted by atomic mass is 10.1. The van der Waals surface area contributed by atoms with Crippen LogP contribution in [0.25, 0.3) is 0 Å². The van der Waals surface area contributed by atoms with Crippen molar-refractivity contribution >= 4 is 23.8 Å². The van der Waals surface area contributed by atoms with Crippen LogP contribution in [0.15, 0.2) is 18.5 Å². The Bertz CT molecular complexity index is 667. The van der Waals surface area contributed by atoms with Gasteiger partial charge in [0.2, 0.25) is 11.9 Å². The molecule has 0 unspecified atom stereocenters. The maximum absolute atomic E-state index is 12.6. The molecule has 0 aliphatic carbocycles. The van der Waals surface area contributed by atoms with Crippen molar-refractivity contribution in [1.82, 2.24) is 24.7 Å². The van der Waals surface area contributed by atoms with Crippen molar-refractivity contribution in [3.63, 3.8) is 0 Å². The van der Waals surface area contributed by atoms with Crippen molar-refractivity contribution in [3.05, 3.63) is 18.5 Å². The molecule has 9 nitrogen and oxygen atoms in total. The van der Waals surface area contributed by atoms with Crippen LogP contribution in [0.5, 0.6) is 0 Å². The van der Waals surface area contributed by atoms with E-state index in [-0.39, 0.29) is 24.3 Å². The molecule has 25 heavy (non-hydrogen) atoms. The Morgan fingerprint density at radius 1 is 1.12 bits per heavy atom. The first-order chi connectivity index (χ1) is 12.0. The van der Waals surface area contributed by atoms with Crippen LogP contribution in [-0.2, 0) is 9.59 Å². The molecule has 1 atom stereocenters. The summed E-state index contributed by atoms with van der Waals surface area (Å²) in [5.74, 6) is 0.230. The lowest BCUT2D eigenvalue weighted by molar-refractivity contribution is -0.136. The largest absolute Gasteiger partial charge is 0.341 e. The molecule has 9 heteroatoms. The quantitative estimate of drug-likeness (QED) is 0.704. The van der Waals surface area contributed by atoms with Gasteiger partial charge in [-0.1, -0.05) is 0 Å².